The summed E-state index contributed by atoms with van der Waals surface area (Å²) in [6.07, 6.45) is 3.02. The fourth-order valence-electron chi connectivity index (χ4n) is 0.464. The number of thioether (sulfide) groups is 1. The van der Waals surface area contributed by atoms with Crippen molar-refractivity contribution in [3.8, 4) is 0 Å². The van der Waals surface area contributed by atoms with E-state index in [1.807, 2.05) is 23.2 Å². The molecule has 0 spiro atoms. The van der Waals surface area contributed by atoms with E-state index in [1.54, 1.807) is 0 Å². The molecule has 0 aromatic carbocycles. The van der Waals surface area contributed by atoms with Gasteiger partial charge in [-0.25, -0.2) is 0 Å². The van der Waals surface area contributed by atoms with E-state index in [4.69, 9.17) is 5.41 Å². The second-order valence-electron chi connectivity index (χ2n) is 1.50. The highest BCUT2D eigenvalue weighted by Crippen LogP contribution is 2.09. The lowest BCUT2D eigenvalue weighted by Gasteiger charge is -1.95. The lowest BCUT2D eigenvalue weighted by Crippen LogP contribution is -3.00. The molecular weight excluding hydrogens is 233 g/mol. The Morgan fingerprint density at radius 3 is 2.62 bits per heavy atom. The highest BCUT2D eigenvalue weighted by atomic mass is 127. The molecule has 0 saturated heterocycles. The van der Waals surface area contributed by atoms with E-state index in [9.17, 15) is 0 Å². The summed E-state index contributed by atoms with van der Waals surface area (Å²) in [5.41, 5.74) is 1.01. The Kier molecular flexibility index (Phi) is 4.64. The van der Waals surface area contributed by atoms with Crippen molar-refractivity contribution in [3.63, 3.8) is 0 Å². The molecule has 0 radical (unpaired) electrons. The molecule has 0 fully saturated rings. The average Bonchev–Trinajstić information content (AvgIpc) is 1.69. The van der Waals surface area contributed by atoms with Gasteiger partial charge < -0.3 is 24.0 Å². The van der Waals surface area contributed by atoms with E-state index in [-0.39, 0.29) is 24.0 Å². The summed E-state index contributed by atoms with van der Waals surface area (Å²) in [5, 5.41) is 7.49. The molecule has 0 atom stereocenters. The smallest absolute Gasteiger partial charge is 0.174 e. The van der Waals surface area contributed by atoms with Crippen LogP contribution in [0.25, 0.3) is 0 Å². The van der Waals surface area contributed by atoms with Crippen molar-refractivity contribution in [2.75, 3.05) is 5.75 Å². The molecule has 0 unspecified atom stereocenters. The molecule has 0 aromatic rings. The molecule has 1 aliphatic heterocycles. The van der Waals surface area contributed by atoms with E-state index >= 15 is 0 Å². The minimum absolute atomic E-state index is 0. The zero-order valence-electron chi connectivity index (χ0n) is 4.43. The zero-order chi connectivity index (χ0) is 5.11. The molecule has 3 heteroatoms. The first-order valence-electron chi connectivity index (χ1n) is 2.29. The van der Waals surface area contributed by atoms with Crippen LogP contribution >= 0.6 is 11.8 Å². The molecule has 0 amide bonds. The van der Waals surface area contributed by atoms with Crippen LogP contribution in [0.2, 0.25) is 0 Å². The monoisotopic (exact) mass is 241 g/mol. The molecule has 1 heterocycles. The summed E-state index contributed by atoms with van der Waals surface area (Å²) in [6, 6.07) is 0. The standard InChI is InChI=1S/C5H7NS.HI/c6-5-1-3-7-4-2-5;/h1,3,6H,2,4H2;1H. The minimum atomic E-state index is 0. The Morgan fingerprint density at radius 1 is 1.62 bits per heavy atom. The Bertz CT molecular complexity index is 111. The zero-order valence-corrected chi connectivity index (χ0v) is 7.41. The maximum atomic E-state index is 5.45. The van der Waals surface area contributed by atoms with Crippen LogP contribution in [0, 0.1) is 0 Å². The number of hydrogen-bond donors (Lipinski definition) is 1. The van der Waals surface area contributed by atoms with Crippen molar-refractivity contribution in [3.05, 3.63) is 11.5 Å². The van der Waals surface area contributed by atoms with Crippen LogP contribution in [0.4, 0.5) is 0 Å². The molecule has 0 saturated carbocycles. The van der Waals surface area contributed by atoms with Gasteiger partial charge in [-0.1, -0.05) is 0 Å². The first-order valence-corrected chi connectivity index (χ1v) is 3.34. The maximum Gasteiger partial charge on any atom is 0.174 e. The van der Waals surface area contributed by atoms with Crippen LogP contribution in [0.1, 0.15) is 6.42 Å². The van der Waals surface area contributed by atoms with Gasteiger partial charge in [0, 0.05) is 18.2 Å². The second kappa shape index (κ2) is 4.38. The average molecular weight is 241 g/mol. The summed E-state index contributed by atoms with van der Waals surface area (Å²) >= 11 is 1.82. The van der Waals surface area contributed by atoms with Crippen LogP contribution in [0.5, 0.6) is 0 Å². The first-order chi connectivity index (χ1) is 3.39. The van der Waals surface area contributed by atoms with Gasteiger partial charge in [-0.15, -0.1) is 11.8 Å². The molecule has 8 heavy (non-hydrogen) atoms. The van der Waals surface area contributed by atoms with Gasteiger partial charge in [-0.3, -0.25) is 5.41 Å². The van der Waals surface area contributed by atoms with Gasteiger partial charge in [0.15, 0.2) is 5.71 Å². The van der Waals surface area contributed by atoms with E-state index in [1.165, 1.54) is 0 Å². The minimum Gasteiger partial charge on any atom is -1.00 e. The van der Waals surface area contributed by atoms with Gasteiger partial charge in [0.1, 0.15) is 0 Å². The number of nitrogens with two attached hydrogens (primary N) is 1. The Hall–Kier alpha value is 0.490. The van der Waals surface area contributed by atoms with Gasteiger partial charge in [0.25, 0.3) is 0 Å². The van der Waals surface area contributed by atoms with Gasteiger partial charge in [-0.2, -0.15) is 0 Å². The number of rotatable bonds is 0. The van der Waals surface area contributed by atoms with Gasteiger partial charge >= 0.3 is 0 Å². The van der Waals surface area contributed by atoms with Crippen molar-refractivity contribution < 1.29 is 29.4 Å². The highest BCUT2D eigenvalue weighted by molar-refractivity contribution is 8.02. The summed E-state index contributed by atoms with van der Waals surface area (Å²) in [5.74, 6) is 1.16. The lowest BCUT2D eigenvalue weighted by atomic mass is 10.3. The van der Waals surface area contributed by atoms with Crippen molar-refractivity contribution >= 4 is 17.5 Å². The molecular formula is C5H8INS. The lowest BCUT2D eigenvalue weighted by molar-refractivity contribution is -0.114. The second-order valence-corrected chi connectivity index (χ2v) is 2.51. The van der Waals surface area contributed by atoms with Crippen LogP contribution in [-0.2, 0) is 0 Å². The molecule has 1 rings (SSSR count). The number of hydrogen-bond acceptors (Lipinski definition) is 1. The van der Waals surface area contributed by atoms with Crippen molar-refractivity contribution in [2.45, 2.75) is 6.42 Å². The Labute approximate surface area is 70.5 Å². The van der Waals surface area contributed by atoms with Crippen LogP contribution in [0.3, 0.4) is 0 Å². The molecule has 1 nitrogen and oxygen atoms in total. The third-order valence-electron chi connectivity index (χ3n) is 0.887. The molecule has 2 N–H and O–H groups in total. The van der Waals surface area contributed by atoms with Crippen LogP contribution in [0.15, 0.2) is 11.5 Å². The van der Waals surface area contributed by atoms with E-state index in [2.05, 4.69) is 0 Å². The highest BCUT2D eigenvalue weighted by Gasteiger charge is 2.00. The fourth-order valence-corrected chi connectivity index (χ4v) is 1.22. The van der Waals surface area contributed by atoms with Gasteiger partial charge in [0.05, 0.1) is 0 Å². The van der Waals surface area contributed by atoms with Crippen LogP contribution < -0.4 is 29.4 Å². The predicted octanol–water partition coefficient (Wildman–Crippen LogP) is -3.16. The first kappa shape index (κ1) is 8.49. The Balaban J connectivity index is 0.000000490. The summed E-state index contributed by atoms with van der Waals surface area (Å²) in [6.45, 7) is 0. The van der Waals surface area contributed by atoms with E-state index in [0.29, 0.717) is 0 Å². The molecule has 0 bridgehead atoms. The number of allylic oxidation sites excluding steroid dienone is 1. The van der Waals surface area contributed by atoms with Gasteiger partial charge in [0.2, 0.25) is 0 Å². The largest absolute Gasteiger partial charge is 1.00 e. The van der Waals surface area contributed by atoms with Crippen molar-refractivity contribution in [2.24, 2.45) is 0 Å². The molecule has 0 aliphatic carbocycles. The normalized spacial score (nSPS) is 17.8. The molecule has 0 aromatic heterocycles. The third-order valence-corrected chi connectivity index (χ3v) is 1.66. The maximum absolute atomic E-state index is 5.45. The summed E-state index contributed by atoms with van der Waals surface area (Å²) in [7, 11) is 0. The number of halogens is 1. The fraction of sp³-hybridized carbons (Fsp3) is 0.400. The predicted molar refractivity (Wildman–Crippen MR) is 33.1 cm³/mol. The Morgan fingerprint density at radius 2 is 2.38 bits per heavy atom. The van der Waals surface area contributed by atoms with Crippen molar-refractivity contribution in [1.29, 1.82) is 0 Å². The van der Waals surface area contributed by atoms with Crippen LogP contribution in [-0.4, -0.2) is 11.5 Å². The quantitative estimate of drug-likeness (QED) is 0.445. The molecule has 1 aliphatic rings. The van der Waals surface area contributed by atoms with E-state index < -0.39 is 0 Å². The molecule has 46 valence electrons. The third kappa shape index (κ3) is 2.71. The van der Waals surface area contributed by atoms with Crippen molar-refractivity contribution in [1.82, 2.24) is 0 Å². The topological polar surface area (TPSA) is 25.6 Å². The summed E-state index contributed by atoms with van der Waals surface area (Å²) in [4.78, 5) is 0. The SMILES string of the molecule is [I-].[NH2+]=C1C=CSCC1. The van der Waals surface area contributed by atoms with E-state index in [0.717, 1.165) is 17.9 Å². The summed E-state index contributed by atoms with van der Waals surface area (Å²) < 4.78 is 0. The van der Waals surface area contributed by atoms with Gasteiger partial charge in [-0.05, 0) is 5.41 Å².